The third-order valence-electron chi connectivity index (χ3n) is 4.77. The molecule has 9 heteroatoms. The van der Waals surface area contributed by atoms with E-state index >= 15 is 0 Å². The Bertz CT molecular complexity index is 1050. The lowest BCUT2D eigenvalue weighted by molar-refractivity contribution is -0.124. The monoisotopic (exact) mass is 531 g/mol. The third-order valence-corrected chi connectivity index (χ3v) is 6.67. The highest BCUT2D eigenvalue weighted by atomic mass is 79.9. The Kier molecular flexibility index (Phi) is 8.60. The van der Waals surface area contributed by atoms with E-state index in [2.05, 4.69) is 33.7 Å². The standard InChI is InChI=1S/C23H22BrN3O3S2/c1-2-15-5-7-16(8-6-15)14-19-22(30)27(23(31)32-19)13-3-4-20(28)25-26-21(29)17-9-11-18(24)12-10-17/h5-12,14H,2-4,13H2,1H3,(H,25,28)(H,26,29). The molecule has 2 aromatic carbocycles. The fourth-order valence-electron chi connectivity index (χ4n) is 2.95. The van der Waals surface area contributed by atoms with Crippen molar-refractivity contribution < 1.29 is 14.4 Å². The molecule has 1 saturated heterocycles. The summed E-state index contributed by atoms with van der Waals surface area (Å²) in [6.07, 6.45) is 3.37. The predicted molar refractivity (Wildman–Crippen MR) is 135 cm³/mol. The molecular formula is C23H22BrN3O3S2. The summed E-state index contributed by atoms with van der Waals surface area (Å²) in [7, 11) is 0. The van der Waals surface area contributed by atoms with Gasteiger partial charge in [0, 0.05) is 23.0 Å². The maximum absolute atomic E-state index is 12.7. The smallest absolute Gasteiger partial charge is 0.269 e. The van der Waals surface area contributed by atoms with Crippen molar-refractivity contribution in [1.29, 1.82) is 0 Å². The predicted octanol–water partition coefficient (Wildman–Crippen LogP) is 4.45. The minimum Gasteiger partial charge on any atom is -0.293 e. The largest absolute Gasteiger partial charge is 0.293 e. The van der Waals surface area contributed by atoms with E-state index in [1.807, 2.05) is 30.3 Å². The van der Waals surface area contributed by atoms with Gasteiger partial charge < -0.3 is 0 Å². The lowest BCUT2D eigenvalue weighted by Gasteiger charge is -2.14. The second-order valence-electron chi connectivity index (χ2n) is 7.04. The van der Waals surface area contributed by atoms with Gasteiger partial charge in [-0.1, -0.05) is 71.1 Å². The summed E-state index contributed by atoms with van der Waals surface area (Å²) in [6, 6.07) is 14.8. The van der Waals surface area contributed by atoms with Crippen molar-refractivity contribution in [2.75, 3.05) is 6.54 Å². The van der Waals surface area contributed by atoms with E-state index < -0.39 is 5.91 Å². The quantitative estimate of drug-likeness (QED) is 0.313. The number of hydrazine groups is 1. The highest BCUT2D eigenvalue weighted by Gasteiger charge is 2.31. The molecule has 0 bridgehead atoms. The Morgan fingerprint density at radius 2 is 1.78 bits per heavy atom. The lowest BCUT2D eigenvalue weighted by Crippen LogP contribution is -2.41. The second-order valence-corrected chi connectivity index (χ2v) is 9.63. The average Bonchev–Trinajstić information content (AvgIpc) is 3.05. The third kappa shape index (κ3) is 6.51. The van der Waals surface area contributed by atoms with Crippen LogP contribution in [0.25, 0.3) is 6.08 Å². The van der Waals surface area contributed by atoms with Gasteiger partial charge in [-0.15, -0.1) is 0 Å². The van der Waals surface area contributed by atoms with Crippen molar-refractivity contribution >= 4 is 68.0 Å². The van der Waals surface area contributed by atoms with Gasteiger partial charge in [0.15, 0.2) is 0 Å². The molecule has 0 atom stereocenters. The van der Waals surface area contributed by atoms with Crippen LogP contribution in [-0.4, -0.2) is 33.5 Å². The number of hydrogen-bond donors (Lipinski definition) is 2. The van der Waals surface area contributed by atoms with Crippen LogP contribution in [0.1, 0.15) is 41.3 Å². The summed E-state index contributed by atoms with van der Waals surface area (Å²) < 4.78 is 1.34. The number of carbonyl (C=O) groups is 3. The van der Waals surface area contributed by atoms with E-state index in [1.165, 1.54) is 22.2 Å². The van der Waals surface area contributed by atoms with Gasteiger partial charge in [0.1, 0.15) is 4.32 Å². The molecule has 0 spiro atoms. The molecule has 1 heterocycles. The van der Waals surface area contributed by atoms with Gasteiger partial charge >= 0.3 is 0 Å². The van der Waals surface area contributed by atoms with E-state index in [0.717, 1.165) is 16.5 Å². The van der Waals surface area contributed by atoms with E-state index in [9.17, 15) is 14.4 Å². The topological polar surface area (TPSA) is 78.5 Å². The molecule has 166 valence electrons. The molecule has 3 amide bonds. The molecule has 0 saturated carbocycles. The minimum atomic E-state index is -0.403. The highest BCUT2D eigenvalue weighted by molar-refractivity contribution is 9.10. The number of hydrogen-bond acceptors (Lipinski definition) is 5. The molecule has 0 aromatic heterocycles. The fraction of sp³-hybridized carbons (Fsp3) is 0.217. The zero-order chi connectivity index (χ0) is 23.1. The Hall–Kier alpha value is -2.49. The number of nitrogens with zero attached hydrogens (tertiary/aromatic N) is 1. The van der Waals surface area contributed by atoms with Gasteiger partial charge in [-0.2, -0.15) is 0 Å². The first-order valence-corrected chi connectivity index (χ1v) is 12.1. The van der Waals surface area contributed by atoms with Crippen LogP contribution in [0.3, 0.4) is 0 Å². The van der Waals surface area contributed by atoms with Gasteiger partial charge in [-0.25, -0.2) is 0 Å². The zero-order valence-electron chi connectivity index (χ0n) is 17.4. The molecule has 32 heavy (non-hydrogen) atoms. The van der Waals surface area contributed by atoms with Crippen LogP contribution in [0, 0.1) is 0 Å². The van der Waals surface area contributed by atoms with Gasteiger partial charge in [-0.05, 0) is 54.3 Å². The van der Waals surface area contributed by atoms with E-state index in [-0.39, 0.29) is 18.2 Å². The van der Waals surface area contributed by atoms with Crippen LogP contribution in [0.5, 0.6) is 0 Å². The molecule has 0 aliphatic carbocycles. The number of amides is 3. The summed E-state index contributed by atoms with van der Waals surface area (Å²) >= 11 is 9.91. The summed E-state index contributed by atoms with van der Waals surface area (Å²) in [5, 5.41) is 0. The van der Waals surface area contributed by atoms with E-state index in [1.54, 1.807) is 24.3 Å². The van der Waals surface area contributed by atoms with Crippen molar-refractivity contribution in [1.82, 2.24) is 15.8 Å². The zero-order valence-corrected chi connectivity index (χ0v) is 20.6. The van der Waals surface area contributed by atoms with Gasteiger partial charge in [-0.3, -0.25) is 30.1 Å². The van der Waals surface area contributed by atoms with Crippen molar-refractivity contribution in [3.05, 3.63) is 74.6 Å². The molecule has 2 aromatic rings. The molecule has 0 unspecified atom stereocenters. The van der Waals surface area contributed by atoms with E-state index in [4.69, 9.17) is 12.2 Å². The second kappa shape index (κ2) is 11.4. The van der Waals surface area contributed by atoms with Crippen LogP contribution in [0.2, 0.25) is 0 Å². The Morgan fingerprint density at radius 3 is 2.44 bits per heavy atom. The molecule has 0 radical (unpaired) electrons. The first kappa shape index (κ1) is 24.2. The number of rotatable bonds is 7. The number of thioether (sulfide) groups is 1. The Balaban J connectivity index is 1.45. The minimum absolute atomic E-state index is 0.148. The summed E-state index contributed by atoms with van der Waals surface area (Å²) in [5.41, 5.74) is 7.39. The van der Waals surface area contributed by atoms with Crippen LogP contribution in [-0.2, 0) is 16.0 Å². The Morgan fingerprint density at radius 1 is 1.09 bits per heavy atom. The molecule has 1 aliphatic rings. The number of halogens is 1. The summed E-state index contributed by atoms with van der Waals surface area (Å²) in [5.74, 6) is -0.893. The maximum Gasteiger partial charge on any atom is 0.269 e. The molecule has 1 aliphatic heterocycles. The van der Waals surface area contributed by atoms with Crippen molar-refractivity contribution in [3.63, 3.8) is 0 Å². The first-order valence-electron chi connectivity index (χ1n) is 10.1. The van der Waals surface area contributed by atoms with E-state index in [0.29, 0.717) is 27.8 Å². The number of nitrogens with one attached hydrogen (secondary N) is 2. The maximum atomic E-state index is 12.7. The normalized spacial score (nSPS) is 14.7. The van der Waals surface area contributed by atoms with Crippen molar-refractivity contribution in [2.24, 2.45) is 0 Å². The number of carbonyl (C=O) groups excluding carboxylic acids is 3. The van der Waals surface area contributed by atoms with Gasteiger partial charge in [0.05, 0.1) is 4.91 Å². The van der Waals surface area contributed by atoms with Crippen LogP contribution in [0.15, 0.2) is 57.9 Å². The van der Waals surface area contributed by atoms with Crippen LogP contribution < -0.4 is 10.9 Å². The van der Waals surface area contributed by atoms with Crippen molar-refractivity contribution in [3.8, 4) is 0 Å². The number of thiocarbonyl (C=S) groups is 1. The summed E-state index contributed by atoms with van der Waals surface area (Å²) in [6.45, 7) is 2.43. The molecule has 6 nitrogen and oxygen atoms in total. The molecular weight excluding hydrogens is 510 g/mol. The number of aryl methyl sites for hydroxylation is 1. The van der Waals surface area contributed by atoms with Crippen LogP contribution in [0.4, 0.5) is 0 Å². The van der Waals surface area contributed by atoms with Crippen molar-refractivity contribution in [2.45, 2.75) is 26.2 Å². The highest BCUT2D eigenvalue weighted by Crippen LogP contribution is 2.32. The molecule has 2 N–H and O–H groups in total. The molecule has 3 rings (SSSR count). The number of benzene rings is 2. The van der Waals surface area contributed by atoms with Gasteiger partial charge in [0.25, 0.3) is 11.8 Å². The van der Waals surface area contributed by atoms with Crippen LogP contribution >= 0.6 is 39.9 Å². The first-order chi connectivity index (χ1) is 15.4. The lowest BCUT2D eigenvalue weighted by atomic mass is 10.1. The van der Waals surface area contributed by atoms with Gasteiger partial charge in [0.2, 0.25) is 5.91 Å². The SMILES string of the molecule is CCc1ccc(C=C2SC(=S)N(CCCC(=O)NNC(=O)c3ccc(Br)cc3)C2=O)cc1. The Labute approximate surface area is 204 Å². The summed E-state index contributed by atoms with van der Waals surface area (Å²) in [4.78, 5) is 38.9. The average molecular weight is 532 g/mol. The fourth-order valence-corrected chi connectivity index (χ4v) is 4.53. The molecule has 1 fully saturated rings.